The maximum absolute atomic E-state index is 6.02. The Morgan fingerprint density at radius 2 is 2.33 bits per heavy atom. The molecule has 0 saturated carbocycles. The lowest BCUT2D eigenvalue weighted by Crippen LogP contribution is -2.25. The molecular weight excluding hydrogens is 246 g/mol. The van der Waals surface area contributed by atoms with Crippen LogP contribution in [0, 0.1) is 0 Å². The third-order valence-corrected chi connectivity index (χ3v) is 3.61. The molecule has 0 amide bonds. The van der Waals surface area contributed by atoms with Crippen molar-refractivity contribution in [1.29, 1.82) is 0 Å². The molecule has 1 N–H and O–H groups in total. The van der Waals surface area contributed by atoms with Crippen molar-refractivity contribution in [3.05, 3.63) is 34.8 Å². The Morgan fingerprint density at radius 1 is 1.44 bits per heavy atom. The smallest absolute Gasteiger partial charge is 0.205 e. The second-order valence-electron chi connectivity index (χ2n) is 5.04. The van der Waals surface area contributed by atoms with E-state index in [4.69, 9.17) is 4.74 Å². The lowest BCUT2D eigenvalue weighted by molar-refractivity contribution is 0.137. The zero-order valence-electron chi connectivity index (χ0n) is 10.4. The Labute approximate surface area is 110 Å². The molecule has 0 fully saturated rings. The Morgan fingerprint density at radius 3 is 3.11 bits per heavy atom. The van der Waals surface area contributed by atoms with Gasteiger partial charge in [-0.15, -0.1) is 10.2 Å². The van der Waals surface area contributed by atoms with Crippen LogP contribution in [0.4, 0.5) is 5.13 Å². The third kappa shape index (κ3) is 2.18. The molecule has 4 nitrogen and oxygen atoms in total. The van der Waals surface area contributed by atoms with Crippen molar-refractivity contribution in [3.63, 3.8) is 0 Å². The molecule has 2 aromatic rings. The molecule has 5 heteroatoms. The molecule has 0 bridgehead atoms. The maximum atomic E-state index is 6.02. The van der Waals surface area contributed by atoms with Gasteiger partial charge in [-0.3, -0.25) is 0 Å². The Hall–Kier alpha value is -1.62. The molecule has 1 aliphatic heterocycles. The maximum Gasteiger partial charge on any atom is 0.205 e. The highest BCUT2D eigenvalue weighted by atomic mass is 32.1. The highest BCUT2D eigenvalue weighted by Gasteiger charge is 2.31. The van der Waals surface area contributed by atoms with Crippen molar-refractivity contribution in [3.8, 4) is 5.75 Å². The molecule has 2 heterocycles. The van der Waals surface area contributed by atoms with Gasteiger partial charge in [-0.2, -0.15) is 0 Å². The molecule has 3 rings (SSSR count). The monoisotopic (exact) mass is 261 g/mol. The standard InChI is InChI=1S/C13H15N3OS/c1-13(2)6-9-4-3-5-10(11(9)17-13)7-14-12-16-15-8-18-12/h3-5,8H,6-7H2,1-2H3,(H,14,16). The van der Waals surface area contributed by atoms with E-state index < -0.39 is 0 Å². The first kappa shape index (κ1) is 11.5. The van der Waals surface area contributed by atoms with Gasteiger partial charge in [0.05, 0.1) is 0 Å². The number of nitrogens with zero attached hydrogens (tertiary/aromatic N) is 2. The molecule has 0 aliphatic carbocycles. The fraction of sp³-hybridized carbons (Fsp3) is 0.385. The number of rotatable bonds is 3. The molecule has 0 radical (unpaired) electrons. The number of hydrogen-bond donors (Lipinski definition) is 1. The minimum Gasteiger partial charge on any atom is -0.487 e. The summed E-state index contributed by atoms with van der Waals surface area (Å²) in [5.74, 6) is 1.03. The predicted octanol–water partition coefficient (Wildman–Crippen LogP) is 2.86. The Balaban J connectivity index is 1.80. The number of fused-ring (bicyclic) bond motifs is 1. The Kier molecular flexibility index (Phi) is 2.70. The molecule has 1 aromatic heterocycles. The fourth-order valence-corrected chi connectivity index (χ4v) is 2.68. The lowest BCUT2D eigenvalue weighted by atomic mass is 10.0. The summed E-state index contributed by atoms with van der Waals surface area (Å²) in [6.45, 7) is 4.96. The minimum absolute atomic E-state index is 0.0961. The van der Waals surface area contributed by atoms with E-state index >= 15 is 0 Å². The number of ether oxygens (including phenoxy) is 1. The summed E-state index contributed by atoms with van der Waals surface area (Å²) in [5, 5.41) is 11.9. The number of para-hydroxylation sites is 1. The lowest BCUT2D eigenvalue weighted by Gasteiger charge is -2.18. The molecule has 0 atom stereocenters. The third-order valence-electron chi connectivity index (χ3n) is 2.96. The van der Waals surface area contributed by atoms with Crippen molar-refractivity contribution in [2.75, 3.05) is 5.32 Å². The van der Waals surface area contributed by atoms with Crippen molar-refractivity contribution in [2.45, 2.75) is 32.4 Å². The first-order chi connectivity index (χ1) is 8.64. The summed E-state index contributed by atoms with van der Waals surface area (Å²) in [6.07, 6.45) is 0.967. The number of hydrogen-bond acceptors (Lipinski definition) is 5. The summed E-state index contributed by atoms with van der Waals surface area (Å²) >= 11 is 1.50. The average Bonchev–Trinajstić information content (AvgIpc) is 2.91. The van der Waals surface area contributed by atoms with Gasteiger partial charge in [0.15, 0.2) is 0 Å². The van der Waals surface area contributed by atoms with Gasteiger partial charge < -0.3 is 10.1 Å². The normalized spacial score (nSPS) is 16.1. The van der Waals surface area contributed by atoms with E-state index in [0.717, 1.165) is 17.3 Å². The van der Waals surface area contributed by atoms with Crippen LogP contribution in [-0.2, 0) is 13.0 Å². The molecule has 0 spiro atoms. The predicted molar refractivity (Wildman–Crippen MR) is 72.1 cm³/mol. The van der Waals surface area contributed by atoms with E-state index in [0.29, 0.717) is 6.54 Å². The summed E-state index contributed by atoms with van der Waals surface area (Å²) < 4.78 is 6.02. The molecule has 94 valence electrons. The molecule has 1 aromatic carbocycles. The SMILES string of the molecule is CC1(C)Cc2cccc(CNc3nncs3)c2O1. The Bertz CT molecular complexity index is 551. The highest BCUT2D eigenvalue weighted by Crippen LogP contribution is 2.37. The van der Waals surface area contributed by atoms with E-state index in [1.165, 1.54) is 22.5 Å². The number of aromatic nitrogens is 2. The molecule has 18 heavy (non-hydrogen) atoms. The van der Waals surface area contributed by atoms with Crippen LogP contribution in [0.5, 0.6) is 5.75 Å². The van der Waals surface area contributed by atoms with Crippen molar-refractivity contribution < 1.29 is 4.74 Å². The van der Waals surface area contributed by atoms with Gasteiger partial charge in [0.25, 0.3) is 0 Å². The number of nitrogens with one attached hydrogen (secondary N) is 1. The van der Waals surface area contributed by atoms with Crippen LogP contribution in [0.15, 0.2) is 23.7 Å². The van der Waals surface area contributed by atoms with Crippen LogP contribution < -0.4 is 10.1 Å². The van der Waals surface area contributed by atoms with Crippen LogP contribution >= 0.6 is 11.3 Å². The summed E-state index contributed by atoms with van der Waals surface area (Å²) in [6, 6.07) is 6.31. The van der Waals surface area contributed by atoms with Crippen molar-refractivity contribution in [1.82, 2.24) is 10.2 Å². The second kappa shape index (κ2) is 4.24. The van der Waals surface area contributed by atoms with Crippen LogP contribution in [0.3, 0.4) is 0 Å². The largest absolute Gasteiger partial charge is 0.487 e. The fourth-order valence-electron chi connectivity index (χ4n) is 2.24. The zero-order valence-corrected chi connectivity index (χ0v) is 11.3. The van der Waals surface area contributed by atoms with Gasteiger partial charge in [-0.05, 0) is 19.4 Å². The van der Waals surface area contributed by atoms with E-state index in [9.17, 15) is 0 Å². The first-order valence-corrected chi connectivity index (χ1v) is 6.82. The average molecular weight is 261 g/mol. The summed E-state index contributed by atoms with van der Waals surface area (Å²) in [5.41, 5.74) is 4.09. The van der Waals surface area contributed by atoms with Gasteiger partial charge in [-0.1, -0.05) is 29.5 Å². The van der Waals surface area contributed by atoms with E-state index in [1.807, 2.05) is 0 Å². The summed E-state index contributed by atoms with van der Waals surface area (Å²) in [7, 11) is 0. The molecule has 1 aliphatic rings. The highest BCUT2D eigenvalue weighted by molar-refractivity contribution is 7.13. The first-order valence-electron chi connectivity index (χ1n) is 5.94. The zero-order chi connectivity index (χ0) is 12.6. The van der Waals surface area contributed by atoms with Crippen LogP contribution in [-0.4, -0.2) is 15.8 Å². The molecular formula is C13H15N3OS. The topological polar surface area (TPSA) is 47.0 Å². The quantitative estimate of drug-likeness (QED) is 0.923. The van der Waals surface area contributed by atoms with Crippen molar-refractivity contribution in [2.24, 2.45) is 0 Å². The van der Waals surface area contributed by atoms with E-state index in [-0.39, 0.29) is 5.60 Å². The van der Waals surface area contributed by atoms with Gasteiger partial charge in [0.1, 0.15) is 16.9 Å². The van der Waals surface area contributed by atoms with Gasteiger partial charge in [0.2, 0.25) is 5.13 Å². The minimum atomic E-state index is -0.0961. The number of anilines is 1. The van der Waals surface area contributed by atoms with Gasteiger partial charge >= 0.3 is 0 Å². The molecule has 0 saturated heterocycles. The van der Waals surface area contributed by atoms with E-state index in [2.05, 4.69) is 47.6 Å². The van der Waals surface area contributed by atoms with Crippen LogP contribution in [0.1, 0.15) is 25.0 Å². The van der Waals surface area contributed by atoms with Crippen LogP contribution in [0.2, 0.25) is 0 Å². The van der Waals surface area contributed by atoms with Crippen LogP contribution in [0.25, 0.3) is 0 Å². The van der Waals surface area contributed by atoms with Crippen molar-refractivity contribution >= 4 is 16.5 Å². The van der Waals surface area contributed by atoms with Gasteiger partial charge in [-0.25, -0.2) is 0 Å². The van der Waals surface area contributed by atoms with Gasteiger partial charge in [0, 0.05) is 18.5 Å². The summed E-state index contributed by atoms with van der Waals surface area (Å²) in [4.78, 5) is 0. The molecule has 0 unspecified atom stereocenters. The second-order valence-corrected chi connectivity index (χ2v) is 5.87. The number of benzene rings is 1. The van der Waals surface area contributed by atoms with E-state index in [1.54, 1.807) is 5.51 Å².